The first kappa shape index (κ1) is 23.1. The molecular weight excluding hydrogens is 357 g/mol. The Balaban J connectivity index is 2.45. The molecule has 0 saturated heterocycles. The average molecular weight is 388 g/mol. The van der Waals surface area contributed by atoms with Crippen LogP contribution < -0.4 is 15.4 Å². The van der Waals surface area contributed by atoms with Gasteiger partial charge in [0.1, 0.15) is 5.75 Å². The van der Waals surface area contributed by atoms with E-state index in [1.54, 1.807) is 7.11 Å². The topological polar surface area (TPSA) is 48.9 Å². The van der Waals surface area contributed by atoms with Crippen molar-refractivity contribution in [2.24, 2.45) is 4.99 Å². The number of hydrogen-bond donors (Lipinski definition) is 2. The summed E-state index contributed by atoms with van der Waals surface area (Å²) in [5.41, 5.74) is 2.30. The number of halogens is 3. The van der Waals surface area contributed by atoms with Crippen LogP contribution in [-0.4, -0.2) is 63.9 Å². The van der Waals surface area contributed by atoms with Crippen molar-refractivity contribution < 1.29 is 17.9 Å². The highest BCUT2D eigenvalue weighted by molar-refractivity contribution is 5.79. The van der Waals surface area contributed by atoms with E-state index in [9.17, 15) is 13.2 Å². The van der Waals surface area contributed by atoms with Crippen LogP contribution in [0.15, 0.2) is 23.2 Å². The number of hydrogen-bond acceptors (Lipinski definition) is 3. The van der Waals surface area contributed by atoms with Gasteiger partial charge in [-0.2, -0.15) is 13.2 Å². The zero-order valence-corrected chi connectivity index (χ0v) is 16.6. The van der Waals surface area contributed by atoms with Gasteiger partial charge in [0.05, 0.1) is 13.7 Å². The Labute approximate surface area is 160 Å². The number of guanidine groups is 1. The van der Waals surface area contributed by atoms with E-state index in [1.165, 1.54) is 17.5 Å². The number of nitrogens with zero attached hydrogens (tertiary/aromatic N) is 2. The van der Waals surface area contributed by atoms with Gasteiger partial charge in [-0.3, -0.25) is 9.89 Å². The summed E-state index contributed by atoms with van der Waals surface area (Å²) in [4.78, 5) is 5.69. The molecule has 0 unspecified atom stereocenters. The minimum absolute atomic E-state index is 0.350. The first-order chi connectivity index (χ1) is 12.7. The van der Waals surface area contributed by atoms with Crippen LogP contribution in [0.2, 0.25) is 0 Å². The van der Waals surface area contributed by atoms with E-state index in [0.29, 0.717) is 38.6 Å². The molecule has 0 fully saturated rings. The highest BCUT2D eigenvalue weighted by Crippen LogP contribution is 2.19. The summed E-state index contributed by atoms with van der Waals surface area (Å²) in [7, 11) is 3.12. The predicted molar refractivity (Wildman–Crippen MR) is 104 cm³/mol. The molecule has 0 spiro atoms. The molecular formula is C19H31F3N4O. The lowest BCUT2D eigenvalue weighted by atomic mass is 10.1. The second kappa shape index (κ2) is 11.7. The van der Waals surface area contributed by atoms with Crippen molar-refractivity contribution in [3.8, 4) is 5.75 Å². The number of rotatable bonds is 10. The Hall–Kier alpha value is -1.96. The molecule has 0 bridgehead atoms. The molecule has 0 atom stereocenters. The van der Waals surface area contributed by atoms with Crippen molar-refractivity contribution in [3.63, 3.8) is 0 Å². The fourth-order valence-corrected chi connectivity index (χ4v) is 2.68. The van der Waals surface area contributed by atoms with E-state index in [1.807, 2.05) is 26.0 Å². The molecule has 0 radical (unpaired) electrons. The molecule has 0 aliphatic heterocycles. The Morgan fingerprint density at radius 3 is 2.63 bits per heavy atom. The fourth-order valence-electron chi connectivity index (χ4n) is 2.68. The van der Waals surface area contributed by atoms with Gasteiger partial charge in [0, 0.05) is 19.6 Å². The van der Waals surface area contributed by atoms with E-state index in [4.69, 9.17) is 4.74 Å². The monoisotopic (exact) mass is 388 g/mol. The minimum atomic E-state index is -4.16. The molecule has 1 aromatic rings. The highest BCUT2D eigenvalue weighted by Gasteiger charge is 2.28. The van der Waals surface area contributed by atoms with Gasteiger partial charge in [0.15, 0.2) is 5.96 Å². The largest absolute Gasteiger partial charge is 0.496 e. The van der Waals surface area contributed by atoms with Crippen molar-refractivity contribution >= 4 is 5.96 Å². The highest BCUT2D eigenvalue weighted by atomic mass is 19.4. The van der Waals surface area contributed by atoms with E-state index in [-0.39, 0.29) is 0 Å². The Bertz CT molecular complexity index is 591. The predicted octanol–water partition coefficient (Wildman–Crippen LogP) is 2.99. The summed E-state index contributed by atoms with van der Waals surface area (Å²) in [6, 6.07) is 6.07. The first-order valence-electron chi connectivity index (χ1n) is 9.16. The SMILES string of the molecule is CCNC(=NCCCN(C)CC(F)(F)F)NCCc1cc(C)ccc1OC. The summed E-state index contributed by atoms with van der Waals surface area (Å²) in [5, 5.41) is 6.41. The van der Waals surface area contributed by atoms with Crippen LogP contribution in [0.5, 0.6) is 5.75 Å². The van der Waals surface area contributed by atoms with Crippen LogP contribution in [0.4, 0.5) is 13.2 Å². The molecule has 0 aliphatic carbocycles. The van der Waals surface area contributed by atoms with E-state index >= 15 is 0 Å². The molecule has 8 heteroatoms. The summed E-state index contributed by atoms with van der Waals surface area (Å²) < 4.78 is 42.3. The molecule has 0 amide bonds. The minimum Gasteiger partial charge on any atom is -0.496 e. The summed E-state index contributed by atoms with van der Waals surface area (Å²) in [6.45, 7) is 5.32. The molecule has 1 aromatic carbocycles. The van der Waals surface area contributed by atoms with Gasteiger partial charge in [-0.25, -0.2) is 0 Å². The lowest BCUT2D eigenvalue weighted by Crippen LogP contribution is -2.38. The van der Waals surface area contributed by atoms with Crippen LogP contribution in [0.3, 0.4) is 0 Å². The Morgan fingerprint density at radius 2 is 2.00 bits per heavy atom. The first-order valence-corrected chi connectivity index (χ1v) is 9.16. The number of aryl methyl sites for hydroxylation is 1. The number of nitrogens with one attached hydrogen (secondary N) is 2. The lowest BCUT2D eigenvalue weighted by Gasteiger charge is -2.18. The Kier molecular flexibility index (Phi) is 9.99. The number of ether oxygens (including phenoxy) is 1. The fraction of sp³-hybridized carbons (Fsp3) is 0.632. The maximum atomic E-state index is 12.3. The molecule has 0 heterocycles. The maximum absolute atomic E-state index is 12.3. The second-order valence-electron chi connectivity index (χ2n) is 6.46. The third kappa shape index (κ3) is 10.1. The summed E-state index contributed by atoms with van der Waals surface area (Å²) in [6.07, 6.45) is -2.82. The van der Waals surface area contributed by atoms with Crippen molar-refractivity contribution in [2.45, 2.75) is 32.9 Å². The maximum Gasteiger partial charge on any atom is 0.401 e. The molecule has 1 rings (SSSR count). The molecule has 154 valence electrons. The number of benzene rings is 1. The third-order valence-corrected chi connectivity index (χ3v) is 3.88. The van der Waals surface area contributed by atoms with Gasteiger partial charge in [-0.15, -0.1) is 0 Å². The van der Waals surface area contributed by atoms with Crippen molar-refractivity contribution in [3.05, 3.63) is 29.3 Å². The summed E-state index contributed by atoms with van der Waals surface area (Å²) >= 11 is 0. The molecule has 0 aliphatic rings. The van der Waals surface area contributed by atoms with Gasteiger partial charge in [-0.05, 0) is 51.9 Å². The second-order valence-corrected chi connectivity index (χ2v) is 6.46. The van der Waals surface area contributed by atoms with Crippen molar-refractivity contribution in [2.75, 3.05) is 46.9 Å². The molecule has 0 aromatic heterocycles. The molecule has 2 N–H and O–H groups in total. The van der Waals surface area contributed by atoms with E-state index in [0.717, 1.165) is 17.7 Å². The van der Waals surface area contributed by atoms with Gasteiger partial charge in [0.2, 0.25) is 0 Å². The van der Waals surface area contributed by atoms with Gasteiger partial charge >= 0.3 is 6.18 Å². The van der Waals surface area contributed by atoms with Crippen LogP contribution >= 0.6 is 0 Å². The number of methoxy groups -OCH3 is 1. The van der Waals surface area contributed by atoms with Gasteiger partial charge in [-0.1, -0.05) is 17.7 Å². The summed E-state index contributed by atoms with van der Waals surface area (Å²) in [5.74, 6) is 1.53. The molecule has 27 heavy (non-hydrogen) atoms. The third-order valence-electron chi connectivity index (χ3n) is 3.88. The lowest BCUT2D eigenvalue weighted by molar-refractivity contribution is -0.143. The zero-order chi connectivity index (χ0) is 20.3. The van der Waals surface area contributed by atoms with Crippen LogP contribution in [0, 0.1) is 6.92 Å². The van der Waals surface area contributed by atoms with Crippen molar-refractivity contribution in [1.82, 2.24) is 15.5 Å². The molecule has 5 nitrogen and oxygen atoms in total. The number of alkyl halides is 3. The standard InChI is InChI=1S/C19H31F3N4O/c1-5-23-18(24-10-6-12-26(3)14-19(20,21)22)25-11-9-16-13-15(2)7-8-17(16)27-4/h7-8,13H,5-6,9-12,14H2,1-4H3,(H2,23,24,25). The smallest absolute Gasteiger partial charge is 0.401 e. The van der Waals surface area contributed by atoms with Gasteiger partial charge in [0.25, 0.3) is 0 Å². The molecule has 0 saturated carbocycles. The van der Waals surface area contributed by atoms with Crippen LogP contribution in [0.1, 0.15) is 24.5 Å². The van der Waals surface area contributed by atoms with E-state index < -0.39 is 12.7 Å². The van der Waals surface area contributed by atoms with Gasteiger partial charge < -0.3 is 15.4 Å². The van der Waals surface area contributed by atoms with E-state index in [2.05, 4.69) is 21.7 Å². The van der Waals surface area contributed by atoms with Crippen molar-refractivity contribution in [1.29, 1.82) is 0 Å². The van der Waals surface area contributed by atoms with Crippen LogP contribution in [0.25, 0.3) is 0 Å². The normalized spacial score (nSPS) is 12.4. The van der Waals surface area contributed by atoms with Crippen LogP contribution in [-0.2, 0) is 6.42 Å². The zero-order valence-electron chi connectivity index (χ0n) is 16.6. The quantitative estimate of drug-likeness (QED) is 0.368. The Morgan fingerprint density at radius 1 is 1.26 bits per heavy atom. The number of aliphatic imine (C=N–C) groups is 1. The average Bonchev–Trinajstić information content (AvgIpc) is 2.57.